The maximum absolute atomic E-state index is 12.2. The zero-order valence-corrected chi connectivity index (χ0v) is 13.6. The van der Waals surface area contributed by atoms with Crippen LogP contribution < -0.4 is 5.32 Å². The summed E-state index contributed by atoms with van der Waals surface area (Å²) in [5, 5.41) is 6.24. The van der Waals surface area contributed by atoms with Gasteiger partial charge in [0.15, 0.2) is 10.3 Å². The molecule has 0 radical (unpaired) electrons. The summed E-state index contributed by atoms with van der Waals surface area (Å²) in [6, 6.07) is 11.7. The minimum Gasteiger partial charge on any atom is -0.302 e. The van der Waals surface area contributed by atoms with Crippen LogP contribution >= 0.6 is 22.7 Å². The van der Waals surface area contributed by atoms with Crippen LogP contribution in [0.4, 0.5) is 5.13 Å². The number of amides is 1. The fourth-order valence-electron chi connectivity index (χ4n) is 2.21. The van der Waals surface area contributed by atoms with Crippen molar-refractivity contribution in [2.75, 3.05) is 5.32 Å². The molecular formula is C16H12N4OS2. The Bertz CT molecular complexity index is 922. The highest BCUT2D eigenvalue weighted by Gasteiger charge is 2.11. The predicted molar refractivity (Wildman–Crippen MR) is 93.4 cm³/mol. The molecule has 0 saturated carbocycles. The predicted octanol–water partition coefficient (Wildman–Crippen LogP) is 3.72. The first-order chi connectivity index (χ1) is 11.3. The number of benzene rings is 1. The van der Waals surface area contributed by atoms with E-state index in [2.05, 4.69) is 15.3 Å². The lowest BCUT2D eigenvalue weighted by Gasteiger charge is -1.99. The second-order valence-corrected chi connectivity index (χ2v) is 6.79. The van der Waals surface area contributed by atoms with Crippen LogP contribution in [0.5, 0.6) is 0 Å². The summed E-state index contributed by atoms with van der Waals surface area (Å²) >= 11 is 2.99. The normalized spacial score (nSPS) is 11.0. The van der Waals surface area contributed by atoms with Crippen LogP contribution in [0, 0.1) is 0 Å². The van der Waals surface area contributed by atoms with Gasteiger partial charge in [-0.2, -0.15) is 0 Å². The molecule has 4 rings (SSSR count). The van der Waals surface area contributed by atoms with Crippen molar-refractivity contribution in [2.24, 2.45) is 0 Å². The number of anilines is 1. The summed E-state index contributed by atoms with van der Waals surface area (Å²) in [5.74, 6) is -0.103. The second-order valence-electron chi connectivity index (χ2n) is 4.92. The molecule has 0 bridgehead atoms. The van der Waals surface area contributed by atoms with E-state index in [0.29, 0.717) is 5.13 Å². The van der Waals surface area contributed by atoms with Gasteiger partial charge < -0.3 is 9.88 Å². The number of carbonyl (C=O) groups excluding carboxylic acids is 1. The maximum Gasteiger partial charge on any atom is 0.232 e. The van der Waals surface area contributed by atoms with E-state index < -0.39 is 0 Å². The van der Waals surface area contributed by atoms with Crippen molar-refractivity contribution in [3.05, 3.63) is 59.9 Å². The second kappa shape index (κ2) is 5.94. The Balaban J connectivity index is 1.45. The Morgan fingerprint density at radius 2 is 1.96 bits per heavy atom. The molecule has 0 aliphatic carbocycles. The van der Waals surface area contributed by atoms with Gasteiger partial charge in [0.25, 0.3) is 0 Å². The van der Waals surface area contributed by atoms with Gasteiger partial charge in [-0.15, -0.1) is 11.3 Å². The molecule has 0 saturated heterocycles. The average Bonchev–Trinajstić information content (AvgIpc) is 3.26. The smallest absolute Gasteiger partial charge is 0.232 e. The molecule has 7 heteroatoms. The zero-order chi connectivity index (χ0) is 15.6. The van der Waals surface area contributed by atoms with Crippen molar-refractivity contribution in [1.29, 1.82) is 0 Å². The first-order valence-electron chi connectivity index (χ1n) is 7.01. The number of aromatic nitrogens is 3. The van der Waals surface area contributed by atoms with Gasteiger partial charge in [0.05, 0.1) is 22.3 Å². The van der Waals surface area contributed by atoms with Gasteiger partial charge in [-0.05, 0) is 24.3 Å². The number of hydrogen-bond acceptors (Lipinski definition) is 5. The van der Waals surface area contributed by atoms with Crippen molar-refractivity contribution in [2.45, 2.75) is 6.42 Å². The molecule has 0 aliphatic rings. The Morgan fingerprint density at radius 1 is 1.13 bits per heavy atom. The van der Waals surface area contributed by atoms with E-state index in [0.717, 1.165) is 21.0 Å². The molecule has 1 aromatic carbocycles. The lowest BCUT2D eigenvalue weighted by atomic mass is 10.3. The topological polar surface area (TPSA) is 59.8 Å². The number of para-hydroxylation sites is 1. The Kier molecular flexibility index (Phi) is 3.64. The Labute approximate surface area is 140 Å². The first kappa shape index (κ1) is 14.1. The summed E-state index contributed by atoms with van der Waals surface area (Å²) in [7, 11) is 0. The third-order valence-electron chi connectivity index (χ3n) is 3.25. The average molecular weight is 340 g/mol. The Morgan fingerprint density at radius 3 is 2.78 bits per heavy atom. The van der Waals surface area contributed by atoms with E-state index in [1.54, 1.807) is 0 Å². The molecule has 5 nitrogen and oxygen atoms in total. The molecule has 4 aromatic rings. The summed E-state index contributed by atoms with van der Waals surface area (Å²) in [4.78, 5) is 21.1. The molecule has 0 atom stereocenters. The van der Waals surface area contributed by atoms with E-state index in [-0.39, 0.29) is 12.3 Å². The molecule has 114 valence electrons. The van der Waals surface area contributed by atoms with Gasteiger partial charge in [-0.25, -0.2) is 9.97 Å². The van der Waals surface area contributed by atoms with E-state index in [1.807, 2.05) is 58.7 Å². The van der Waals surface area contributed by atoms with Gasteiger partial charge in [0.1, 0.15) is 0 Å². The Hall–Kier alpha value is -2.51. The molecule has 0 fully saturated rings. The molecule has 0 aliphatic heterocycles. The summed E-state index contributed by atoms with van der Waals surface area (Å²) in [5.41, 5.74) is 1.66. The molecule has 3 aromatic heterocycles. The highest BCUT2D eigenvalue weighted by atomic mass is 32.1. The van der Waals surface area contributed by atoms with Crippen molar-refractivity contribution in [3.63, 3.8) is 0 Å². The number of thiazole rings is 2. The minimum absolute atomic E-state index is 0.103. The third-order valence-corrected chi connectivity index (χ3v) is 5.10. The monoisotopic (exact) mass is 340 g/mol. The van der Waals surface area contributed by atoms with Gasteiger partial charge in [-0.1, -0.05) is 23.5 Å². The quantitative estimate of drug-likeness (QED) is 0.616. The van der Waals surface area contributed by atoms with E-state index in [1.165, 1.54) is 22.7 Å². The van der Waals surface area contributed by atoms with E-state index in [4.69, 9.17) is 0 Å². The van der Waals surface area contributed by atoms with Crippen molar-refractivity contribution in [1.82, 2.24) is 14.5 Å². The highest BCUT2D eigenvalue weighted by Crippen LogP contribution is 2.25. The number of rotatable bonds is 4. The SMILES string of the molecule is O=C(Cc1csc(-n2cccc2)n1)Nc1nc2ccccc2s1. The molecule has 0 unspecified atom stereocenters. The van der Waals surface area contributed by atoms with Crippen LogP contribution in [0.15, 0.2) is 54.2 Å². The molecule has 1 N–H and O–H groups in total. The highest BCUT2D eigenvalue weighted by molar-refractivity contribution is 7.22. The van der Waals surface area contributed by atoms with Gasteiger partial charge in [0, 0.05) is 17.8 Å². The minimum atomic E-state index is -0.103. The fourth-order valence-corrected chi connectivity index (χ4v) is 3.88. The maximum atomic E-state index is 12.2. The molecular weight excluding hydrogens is 328 g/mol. The van der Waals surface area contributed by atoms with Crippen LogP contribution in [0.3, 0.4) is 0 Å². The number of nitrogens with zero attached hydrogens (tertiary/aromatic N) is 3. The third kappa shape index (κ3) is 3.01. The zero-order valence-electron chi connectivity index (χ0n) is 12.0. The summed E-state index contributed by atoms with van der Waals surface area (Å²) in [6.07, 6.45) is 4.11. The van der Waals surface area contributed by atoms with Crippen LogP contribution in [0.25, 0.3) is 15.3 Å². The number of hydrogen-bond donors (Lipinski definition) is 1. The standard InChI is InChI=1S/C16H12N4OS2/c21-14(19-15-18-12-5-1-2-6-13(12)23-15)9-11-10-22-16(17-11)20-7-3-4-8-20/h1-8,10H,9H2,(H,18,19,21). The number of fused-ring (bicyclic) bond motifs is 1. The van der Waals surface area contributed by atoms with Gasteiger partial charge in [-0.3, -0.25) is 4.79 Å². The lowest BCUT2D eigenvalue weighted by Crippen LogP contribution is -2.14. The summed E-state index contributed by atoms with van der Waals surface area (Å²) in [6.45, 7) is 0. The number of nitrogens with one attached hydrogen (secondary N) is 1. The number of carbonyl (C=O) groups is 1. The fraction of sp³-hybridized carbons (Fsp3) is 0.0625. The van der Waals surface area contributed by atoms with Gasteiger partial charge >= 0.3 is 0 Å². The van der Waals surface area contributed by atoms with Crippen molar-refractivity contribution >= 4 is 43.9 Å². The lowest BCUT2D eigenvalue weighted by molar-refractivity contribution is -0.115. The van der Waals surface area contributed by atoms with Crippen molar-refractivity contribution < 1.29 is 4.79 Å². The van der Waals surface area contributed by atoms with Crippen LogP contribution in [-0.4, -0.2) is 20.4 Å². The molecule has 23 heavy (non-hydrogen) atoms. The molecule has 1 amide bonds. The largest absolute Gasteiger partial charge is 0.302 e. The van der Waals surface area contributed by atoms with Crippen LogP contribution in [0.1, 0.15) is 5.69 Å². The van der Waals surface area contributed by atoms with Crippen LogP contribution in [0.2, 0.25) is 0 Å². The molecule has 3 heterocycles. The summed E-state index contributed by atoms with van der Waals surface area (Å²) < 4.78 is 2.99. The van der Waals surface area contributed by atoms with Gasteiger partial charge in [0.2, 0.25) is 5.91 Å². The first-order valence-corrected chi connectivity index (χ1v) is 8.71. The van der Waals surface area contributed by atoms with Crippen molar-refractivity contribution in [3.8, 4) is 5.13 Å². The van der Waals surface area contributed by atoms with E-state index in [9.17, 15) is 4.79 Å². The molecule has 0 spiro atoms. The van der Waals surface area contributed by atoms with E-state index >= 15 is 0 Å². The van der Waals surface area contributed by atoms with Crippen LogP contribution in [-0.2, 0) is 11.2 Å².